The topological polar surface area (TPSA) is 100 Å². The molecule has 0 bridgehead atoms. The van der Waals surface area contributed by atoms with E-state index in [1.807, 2.05) is 27.0 Å². The summed E-state index contributed by atoms with van der Waals surface area (Å²) in [4.78, 5) is 38.5. The van der Waals surface area contributed by atoms with E-state index in [2.05, 4.69) is 61.2 Å². The Hall–Kier alpha value is -3.85. The second kappa shape index (κ2) is 11.6. The molecular formula is C32H39N7O2. The lowest BCUT2D eigenvalue weighted by Gasteiger charge is -2.35. The molecule has 41 heavy (non-hydrogen) atoms. The predicted molar refractivity (Wildman–Crippen MR) is 158 cm³/mol. The maximum atomic E-state index is 12.4. The van der Waals surface area contributed by atoms with E-state index in [-0.39, 0.29) is 6.09 Å². The highest BCUT2D eigenvalue weighted by atomic mass is 16.6. The maximum absolute atomic E-state index is 12.4. The first kappa shape index (κ1) is 27.3. The number of imidazole rings is 1. The summed E-state index contributed by atoms with van der Waals surface area (Å²) >= 11 is 0. The van der Waals surface area contributed by atoms with Gasteiger partial charge in [0.1, 0.15) is 17.8 Å². The van der Waals surface area contributed by atoms with Crippen LogP contribution in [0.5, 0.6) is 0 Å². The van der Waals surface area contributed by atoms with Crippen LogP contribution in [0.3, 0.4) is 0 Å². The largest absolute Gasteiger partial charge is 0.444 e. The highest BCUT2D eigenvalue weighted by Crippen LogP contribution is 2.33. The van der Waals surface area contributed by atoms with Gasteiger partial charge in [-0.05, 0) is 75.4 Å². The molecule has 4 aromatic rings. The third-order valence-electron chi connectivity index (χ3n) is 7.72. The molecule has 1 aliphatic heterocycles. The molecule has 1 amide bonds. The van der Waals surface area contributed by atoms with Crippen LogP contribution in [0.4, 0.5) is 4.79 Å². The molecule has 2 fully saturated rings. The fourth-order valence-electron chi connectivity index (χ4n) is 5.32. The number of H-pyrrole nitrogens is 1. The van der Waals surface area contributed by atoms with Crippen LogP contribution < -0.4 is 0 Å². The molecule has 214 valence electrons. The Morgan fingerprint density at radius 1 is 1.00 bits per heavy atom. The van der Waals surface area contributed by atoms with Gasteiger partial charge in [0.2, 0.25) is 0 Å². The van der Waals surface area contributed by atoms with E-state index in [0.717, 1.165) is 71.5 Å². The lowest BCUT2D eigenvalue weighted by atomic mass is 10.1. The van der Waals surface area contributed by atoms with Crippen molar-refractivity contribution in [2.24, 2.45) is 5.92 Å². The van der Waals surface area contributed by atoms with E-state index in [0.29, 0.717) is 19.5 Å². The summed E-state index contributed by atoms with van der Waals surface area (Å²) < 4.78 is 5.52. The van der Waals surface area contributed by atoms with Gasteiger partial charge in [-0.15, -0.1) is 0 Å². The van der Waals surface area contributed by atoms with Crippen LogP contribution in [-0.2, 0) is 24.1 Å². The molecule has 1 saturated carbocycles. The third-order valence-corrected chi connectivity index (χ3v) is 7.72. The number of pyridine rings is 1. The number of aryl methyl sites for hydroxylation is 1. The van der Waals surface area contributed by atoms with Crippen molar-refractivity contribution in [3.8, 4) is 11.3 Å². The zero-order chi connectivity index (χ0) is 28.4. The quantitative estimate of drug-likeness (QED) is 0.312. The first-order valence-corrected chi connectivity index (χ1v) is 14.7. The van der Waals surface area contributed by atoms with Gasteiger partial charge in [0.05, 0.1) is 16.7 Å². The summed E-state index contributed by atoms with van der Waals surface area (Å²) in [5.74, 6) is 1.78. The number of fused-ring (bicyclic) bond motifs is 1. The van der Waals surface area contributed by atoms with E-state index >= 15 is 0 Å². The number of carbonyl (C=O) groups is 1. The van der Waals surface area contributed by atoms with Crippen molar-refractivity contribution in [1.29, 1.82) is 0 Å². The van der Waals surface area contributed by atoms with E-state index in [1.165, 1.54) is 24.8 Å². The second-order valence-electron chi connectivity index (χ2n) is 12.4. The summed E-state index contributed by atoms with van der Waals surface area (Å²) in [6.07, 6.45) is 8.93. The van der Waals surface area contributed by atoms with Gasteiger partial charge >= 0.3 is 6.09 Å². The SMILES string of the molecule is CC(C)(C)OC(=O)N1CCN(Cc2ccnc(Cc3nc4ccc(-c5cc(CCC6CC6)ncn5)cc4[nH]3)c2)CC1. The van der Waals surface area contributed by atoms with Crippen molar-refractivity contribution in [3.05, 3.63) is 71.7 Å². The van der Waals surface area contributed by atoms with Crippen LogP contribution in [0.2, 0.25) is 0 Å². The molecule has 4 heterocycles. The van der Waals surface area contributed by atoms with Crippen LogP contribution in [0.25, 0.3) is 22.3 Å². The maximum Gasteiger partial charge on any atom is 0.410 e. The summed E-state index contributed by atoms with van der Waals surface area (Å²) in [7, 11) is 0. The van der Waals surface area contributed by atoms with Crippen molar-refractivity contribution in [3.63, 3.8) is 0 Å². The summed E-state index contributed by atoms with van der Waals surface area (Å²) in [6, 6.07) is 12.6. The fourth-order valence-corrected chi connectivity index (χ4v) is 5.32. The van der Waals surface area contributed by atoms with Crippen molar-refractivity contribution in [2.45, 2.75) is 65.0 Å². The van der Waals surface area contributed by atoms with Gasteiger partial charge in [0.25, 0.3) is 0 Å². The van der Waals surface area contributed by atoms with Gasteiger partial charge in [0.15, 0.2) is 0 Å². The van der Waals surface area contributed by atoms with Crippen molar-refractivity contribution >= 4 is 17.1 Å². The average Bonchev–Trinajstić information content (AvgIpc) is 3.69. The van der Waals surface area contributed by atoms with Gasteiger partial charge < -0.3 is 14.6 Å². The molecule has 3 aromatic heterocycles. The van der Waals surface area contributed by atoms with E-state index in [4.69, 9.17) is 9.72 Å². The Balaban J connectivity index is 1.07. The second-order valence-corrected chi connectivity index (χ2v) is 12.4. The van der Waals surface area contributed by atoms with Crippen LogP contribution in [0.15, 0.2) is 48.9 Å². The van der Waals surface area contributed by atoms with Gasteiger partial charge in [0, 0.05) is 62.3 Å². The summed E-state index contributed by atoms with van der Waals surface area (Å²) in [5.41, 5.74) is 6.77. The number of aromatic nitrogens is 5. The van der Waals surface area contributed by atoms with E-state index < -0.39 is 5.60 Å². The third kappa shape index (κ3) is 7.27. The van der Waals surface area contributed by atoms with Crippen LogP contribution in [-0.4, -0.2) is 72.6 Å². The molecule has 2 aliphatic rings. The zero-order valence-electron chi connectivity index (χ0n) is 24.3. The molecule has 0 spiro atoms. The number of piperazine rings is 1. The molecule has 1 saturated heterocycles. The van der Waals surface area contributed by atoms with Gasteiger partial charge in [-0.1, -0.05) is 18.9 Å². The van der Waals surface area contributed by atoms with E-state index in [9.17, 15) is 4.79 Å². The fraction of sp³-hybridized carbons (Fsp3) is 0.469. The summed E-state index contributed by atoms with van der Waals surface area (Å²) in [5, 5.41) is 0. The molecule has 0 radical (unpaired) electrons. The van der Waals surface area contributed by atoms with Crippen LogP contribution >= 0.6 is 0 Å². The number of amides is 1. The highest BCUT2D eigenvalue weighted by Gasteiger charge is 2.26. The first-order chi connectivity index (χ1) is 19.8. The van der Waals surface area contributed by atoms with Gasteiger partial charge in [-0.3, -0.25) is 9.88 Å². The molecule has 0 unspecified atom stereocenters. The number of rotatable bonds is 8. The van der Waals surface area contributed by atoms with Crippen molar-refractivity contribution < 1.29 is 9.53 Å². The number of ether oxygens (including phenoxy) is 1. The Morgan fingerprint density at radius 3 is 2.61 bits per heavy atom. The lowest BCUT2D eigenvalue weighted by Crippen LogP contribution is -2.49. The van der Waals surface area contributed by atoms with Crippen molar-refractivity contribution in [1.82, 2.24) is 34.7 Å². The van der Waals surface area contributed by atoms with Crippen LogP contribution in [0.1, 0.15) is 62.8 Å². The molecule has 0 atom stereocenters. The molecule has 6 rings (SSSR count). The van der Waals surface area contributed by atoms with E-state index in [1.54, 1.807) is 11.2 Å². The van der Waals surface area contributed by atoms with Crippen LogP contribution in [0, 0.1) is 5.92 Å². The minimum atomic E-state index is -0.473. The Kier molecular flexibility index (Phi) is 7.71. The molecule has 1 aromatic carbocycles. The summed E-state index contributed by atoms with van der Waals surface area (Å²) in [6.45, 7) is 9.50. The molecule has 1 aliphatic carbocycles. The van der Waals surface area contributed by atoms with Gasteiger partial charge in [-0.25, -0.2) is 19.7 Å². The standard InChI is InChI=1S/C32H39N7O2/c1-32(2,3)41-31(40)39-14-12-38(13-15-39)20-23-10-11-33-26(16-23)19-30-36-27-9-7-24(17-29(27)37-30)28-18-25(34-21-35-28)8-6-22-4-5-22/h7,9-11,16-18,21-22H,4-6,8,12-15,19-20H2,1-3H3,(H,36,37). The monoisotopic (exact) mass is 553 g/mol. The number of nitrogens with zero attached hydrogens (tertiary/aromatic N) is 6. The minimum Gasteiger partial charge on any atom is -0.444 e. The van der Waals surface area contributed by atoms with Gasteiger partial charge in [-0.2, -0.15) is 0 Å². The molecule has 9 heteroatoms. The number of aromatic amines is 1. The smallest absolute Gasteiger partial charge is 0.410 e. The lowest BCUT2D eigenvalue weighted by molar-refractivity contribution is 0.0139. The highest BCUT2D eigenvalue weighted by molar-refractivity contribution is 5.81. The number of nitrogens with one attached hydrogen (secondary N) is 1. The molecule has 9 nitrogen and oxygen atoms in total. The molecular weight excluding hydrogens is 514 g/mol. The Morgan fingerprint density at radius 2 is 1.83 bits per heavy atom. The molecule has 1 N–H and O–H groups in total. The van der Waals surface area contributed by atoms with Crippen molar-refractivity contribution in [2.75, 3.05) is 26.2 Å². The Labute approximate surface area is 241 Å². The normalized spacial score (nSPS) is 16.3. The number of carbonyl (C=O) groups excluding carboxylic acids is 1. The zero-order valence-corrected chi connectivity index (χ0v) is 24.3. The number of hydrogen-bond acceptors (Lipinski definition) is 7. The average molecular weight is 554 g/mol. The number of benzene rings is 1. The minimum absolute atomic E-state index is 0.230. The first-order valence-electron chi connectivity index (χ1n) is 14.7. The Bertz CT molecular complexity index is 1510. The number of hydrogen-bond donors (Lipinski definition) is 1. The predicted octanol–water partition coefficient (Wildman–Crippen LogP) is 5.40.